The standard InChI is InChI=1S/C12H13ClFNO5S/c13-8-3-9(11(14)10(4-8)21(15,17)18)12(16)20-6-7-1-2-19-5-7/h3-4,7H,1-2,5-6H2,(H2,15,17,18). The van der Waals surface area contributed by atoms with Crippen molar-refractivity contribution in [3.8, 4) is 0 Å². The fourth-order valence-electron chi connectivity index (χ4n) is 1.91. The van der Waals surface area contributed by atoms with E-state index >= 15 is 0 Å². The minimum atomic E-state index is -4.33. The van der Waals surface area contributed by atoms with Gasteiger partial charge in [0.05, 0.1) is 18.8 Å². The van der Waals surface area contributed by atoms with Gasteiger partial charge >= 0.3 is 5.97 Å². The number of hydrogen-bond donors (Lipinski definition) is 1. The van der Waals surface area contributed by atoms with Crippen LogP contribution in [0.3, 0.4) is 0 Å². The van der Waals surface area contributed by atoms with Gasteiger partial charge in [-0.2, -0.15) is 0 Å². The van der Waals surface area contributed by atoms with E-state index in [9.17, 15) is 17.6 Å². The van der Waals surface area contributed by atoms with E-state index < -0.39 is 32.3 Å². The highest BCUT2D eigenvalue weighted by Crippen LogP contribution is 2.24. The molecule has 1 aromatic carbocycles. The van der Waals surface area contributed by atoms with E-state index in [4.69, 9.17) is 26.2 Å². The Balaban J connectivity index is 2.22. The van der Waals surface area contributed by atoms with Gasteiger partial charge in [-0.15, -0.1) is 0 Å². The Morgan fingerprint density at radius 2 is 2.24 bits per heavy atom. The summed E-state index contributed by atoms with van der Waals surface area (Å²) in [5.41, 5.74) is -0.564. The minimum absolute atomic E-state index is 0.0499. The van der Waals surface area contributed by atoms with Crippen molar-refractivity contribution in [3.63, 3.8) is 0 Å². The number of primary sulfonamides is 1. The third-order valence-corrected chi connectivity index (χ3v) is 4.13. The number of benzene rings is 1. The molecule has 1 unspecified atom stereocenters. The zero-order chi connectivity index (χ0) is 15.6. The normalized spacial score (nSPS) is 18.7. The van der Waals surface area contributed by atoms with Gasteiger partial charge in [-0.1, -0.05) is 11.6 Å². The van der Waals surface area contributed by atoms with Crippen LogP contribution in [-0.2, 0) is 19.5 Å². The van der Waals surface area contributed by atoms with Gasteiger partial charge in [-0.3, -0.25) is 0 Å². The van der Waals surface area contributed by atoms with Gasteiger partial charge in [0.15, 0.2) is 5.82 Å². The van der Waals surface area contributed by atoms with E-state index in [1.165, 1.54) is 0 Å². The Morgan fingerprint density at radius 3 is 2.81 bits per heavy atom. The lowest BCUT2D eigenvalue weighted by atomic mass is 10.1. The molecule has 21 heavy (non-hydrogen) atoms. The van der Waals surface area contributed by atoms with E-state index in [1.54, 1.807) is 0 Å². The largest absolute Gasteiger partial charge is 0.462 e. The molecular formula is C12H13ClFNO5S. The summed E-state index contributed by atoms with van der Waals surface area (Å²) in [6.45, 7) is 1.12. The Hall–Kier alpha value is -1.22. The van der Waals surface area contributed by atoms with Crippen LogP contribution < -0.4 is 5.14 Å². The molecule has 1 aliphatic rings. The van der Waals surface area contributed by atoms with Crippen LogP contribution >= 0.6 is 11.6 Å². The van der Waals surface area contributed by atoms with Crippen LogP contribution in [0.15, 0.2) is 17.0 Å². The maximum atomic E-state index is 14.1. The fourth-order valence-corrected chi connectivity index (χ4v) is 2.84. The second kappa shape index (κ2) is 6.27. The molecular weight excluding hydrogens is 325 g/mol. The number of halogens is 2. The van der Waals surface area contributed by atoms with Crippen LogP contribution in [0.4, 0.5) is 4.39 Å². The number of carbonyl (C=O) groups is 1. The second-order valence-electron chi connectivity index (χ2n) is 4.64. The lowest BCUT2D eigenvalue weighted by Crippen LogP contribution is -2.19. The zero-order valence-electron chi connectivity index (χ0n) is 10.8. The molecule has 0 radical (unpaired) electrons. The molecule has 2 N–H and O–H groups in total. The third kappa shape index (κ3) is 3.91. The molecule has 1 saturated heterocycles. The average Bonchev–Trinajstić information content (AvgIpc) is 2.90. The van der Waals surface area contributed by atoms with Crippen LogP contribution in [0.25, 0.3) is 0 Å². The number of hydrogen-bond acceptors (Lipinski definition) is 5. The lowest BCUT2D eigenvalue weighted by Gasteiger charge is -2.11. The van der Waals surface area contributed by atoms with Crippen LogP contribution in [0, 0.1) is 11.7 Å². The minimum Gasteiger partial charge on any atom is -0.462 e. The number of sulfonamides is 1. The maximum Gasteiger partial charge on any atom is 0.341 e. The van der Waals surface area contributed by atoms with Gasteiger partial charge in [-0.25, -0.2) is 22.7 Å². The Morgan fingerprint density at radius 1 is 1.52 bits per heavy atom. The van der Waals surface area contributed by atoms with Gasteiger partial charge in [0.1, 0.15) is 4.90 Å². The molecule has 1 aliphatic heterocycles. The molecule has 0 saturated carbocycles. The molecule has 0 aliphatic carbocycles. The zero-order valence-corrected chi connectivity index (χ0v) is 12.4. The Bertz CT molecular complexity index is 658. The predicted molar refractivity (Wildman–Crippen MR) is 72.0 cm³/mol. The summed E-state index contributed by atoms with van der Waals surface area (Å²) >= 11 is 5.68. The van der Waals surface area contributed by atoms with Crippen LogP contribution in [0.2, 0.25) is 5.02 Å². The Labute approximate surface area is 126 Å². The summed E-state index contributed by atoms with van der Waals surface area (Å²) in [5, 5.41) is 4.75. The van der Waals surface area contributed by atoms with Gasteiger partial charge in [-0.05, 0) is 18.6 Å². The number of carbonyl (C=O) groups excluding carboxylic acids is 1. The van der Waals surface area contributed by atoms with Gasteiger partial charge in [0.25, 0.3) is 0 Å². The van der Waals surface area contributed by atoms with E-state index in [2.05, 4.69) is 0 Å². The van der Waals surface area contributed by atoms with Crippen molar-refractivity contribution in [2.24, 2.45) is 11.1 Å². The Kier molecular flexibility index (Phi) is 4.82. The number of esters is 1. The van der Waals surface area contributed by atoms with E-state index in [-0.39, 0.29) is 17.5 Å². The van der Waals surface area contributed by atoms with Crippen LogP contribution in [-0.4, -0.2) is 34.2 Å². The van der Waals surface area contributed by atoms with E-state index in [0.717, 1.165) is 18.6 Å². The molecule has 1 aromatic rings. The first-order valence-corrected chi connectivity index (χ1v) is 7.98. The fraction of sp³-hybridized carbons (Fsp3) is 0.417. The van der Waals surface area contributed by atoms with Crippen molar-refractivity contribution < 1.29 is 27.1 Å². The van der Waals surface area contributed by atoms with Crippen LogP contribution in [0.5, 0.6) is 0 Å². The second-order valence-corrected chi connectivity index (χ2v) is 6.60. The maximum absolute atomic E-state index is 14.1. The molecule has 1 atom stereocenters. The number of nitrogens with two attached hydrogens (primary N) is 1. The molecule has 0 aromatic heterocycles. The highest BCUT2D eigenvalue weighted by Gasteiger charge is 2.25. The monoisotopic (exact) mass is 337 g/mol. The first-order valence-electron chi connectivity index (χ1n) is 6.05. The average molecular weight is 338 g/mol. The molecule has 116 valence electrons. The van der Waals surface area contributed by atoms with Gasteiger partial charge < -0.3 is 9.47 Å². The number of rotatable bonds is 4. The first kappa shape index (κ1) is 16.2. The molecule has 9 heteroatoms. The molecule has 0 amide bonds. The third-order valence-electron chi connectivity index (χ3n) is 3.00. The summed E-state index contributed by atoms with van der Waals surface area (Å²) in [6.07, 6.45) is 0.744. The first-order chi connectivity index (χ1) is 9.79. The van der Waals surface area contributed by atoms with Gasteiger partial charge in [0, 0.05) is 17.5 Å². The molecule has 0 spiro atoms. The summed E-state index contributed by atoms with van der Waals surface area (Å²) in [5.74, 6) is -2.21. The van der Waals surface area contributed by atoms with Crippen LogP contribution in [0.1, 0.15) is 16.8 Å². The summed E-state index contributed by atoms with van der Waals surface area (Å²) in [6, 6.07) is 1.84. The van der Waals surface area contributed by atoms with Crippen molar-refractivity contribution in [3.05, 3.63) is 28.5 Å². The SMILES string of the molecule is NS(=O)(=O)c1cc(Cl)cc(C(=O)OCC2CCOC2)c1F. The van der Waals surface area contributed by atoms with Crippen molar-refractivity contribution in [1.82, 2.24) is 0 Å². The smallest absolute Gasteiger partial charge is 0.341 e. The van der Waals surface area contributed by atoms with Crippen molar-refractivity contribution in [2.45, 2.75) is 11.3 Å². The topological polar surface area (TPSA) is 95.7 Å². The van der Waals surface area contributed by atoms with Crippen molar-refractivity contribution in [2.75, 3.05) is 19.8 Å². The summed E-state index contributed by atoms with van der Waals surface area (Å²) in [4.78, 5) is 11.0. The molecule has 2 rings (SSSR count). The molecule has 1 fully saturated rings. The van der Waals surface area contributed by atoms with Crippen molar-refractivity contribution in [1.29, 1.82) is 0 Å². The van der Waals surface area contributed by atoms with E-state index in [1.807, 2.05) is 0 Å². The highest BCUT2D eigenvalue weighted by molar-refractivity contribution is 7.89. The summed E-state index contributed by atoms with van der Waals surface area (Å²) in [7, 11) is -4.33. The highest BCUT2D eigenvalue weighted by atomic mass is 35.5. The number of ether oxygens (including phenoxy) is 2. The molecule has 1 heterocycles. The van der Waals surface area contributed by atoms with Gasteiger partial charge in [0.2, 0.25) is 10.0 Å². The summed E-state index contributed by atoms with van der Waals surface area (Å²) < 4.78 is 46.7. The van der Waals surface area contributed by atoms with E-state index in [0.29, 0.717) is 13.2 Å². The molecule has 0 bridgehead atoms. The van der Waals surface area contributed by atoms with Crippen molar-refractivity contribution >= 4 is 27.6 Å². The predicted octanol–water partition coefficient (Wildman–Crippen LogP) is 1.32. The lowest BCUT2D eigenvalue weighted by molar-refractivity contribution is 0.0422. The molecule has 6 nitrogen and oxygen atoms in total. The quantitative estimate of drug-likeness (QED) is 0.836.